The van der Waals surface area contributed by atoms with E-state index >= 15 is 0 Å². The Labute approximate surface area is 171 Å². The molecule has 0 bridgehead atoms. The summed E-state index contributed by atoms with van der Waals surface area (Å²) >= 11 is 5.82. The number of benzene rings is 2. The van der Waals surface area contributed by atoms with Crippen LogP contribution in [0.2, 0.25) is 5.02 Å². The summed E-state index contributed by atoms with van der Waals surface area (Å²) in [6, 6.07) is 14.4. The Morgan fingerprint density at radius 1 is 0.964 bits per heavy atom. The van der Waals surface area contributed by atoms with E-state index in [1.807, 2.05) is 24.3 Å². The van der Waals surface area contributed by atoms with Crippen LogP contribution in [-0.2, 0) is 10.2 Å². The summed E-state index contributed by atoms with van der Waals surface area (Å²) in [5.74, 6) is 0.151. The van der Waals surface area contributed by atoms with Crippen molar-refractivity contribution in [3.05, 3.63) is 64.7 Å². The molecule has 0 radical (unpaired) electrons. The normalized spacial score (nSPS) is 12.2. The Hall–Kier alpha value is -2.53. The number of rotatable bonds is 7. The van der Waals surface area contributed by atoms with Crippen molar-refractivity contribution in [3.63, 3.8) is 0 Å². The molecule has 0 aliphatic rings. The van der Waals surface area contributed by atoms with Gasteiger partial charge in [0.05, 0.1) is 0 Å². The SMILES string of the molecule is CC(Oc1ccc(Cl)cc1)C(=O)NCCNC(=O)c1ccc(C(C)(C)C)cc1. The van der Waals surface area contributed by atoms with Gasteiger partial charge in [0.1, 0.15) is 5.75 Å². The number of halogens is 1. The highest BCUT2D eigenvalue weighted by Crippen LogP contribution is 2.22. The van der Waals surface area contributed by atoms with E-state index in [4.69, 9.17) is 16.3 Å². The highest BCUT2D eigenvalue weighted by atomic mass is 35.5. The van der Waals surface area contributed by atoms with Gasteiger partial charge in [0, 0.05) is 23.7 Å². The van der Waals surface area contributed by atoms with Crippen LogP contribution in [-0.4, -0.2) is 31.0 Å². The first-order chi connectivity index (χ1) is 13.2. The standard InChI is InChI=1S/C22H27ClN2O3/c1-15(28-19-11-9-18(23)10-12-19)20(26)24-13-14-25-21(27)16-5-7-17(8-6-16)22(2,3)4/h5-12,15H,13-14H2,1-4H3,(H,24,26)(H,25,27). The van der Waals surface area contributed by atoms with Crippen LogP contribution in [0.25, 0.3) is 0 Å². The molecule has 0 aliphatic heterocycles. The smallest absolute Gasteiger partial charge is 0.260 e. The Kier molecular flexibility index (Phi) is 7.46. The van der Waals surface area contributed by atoms with Crippen molar-refractivity contribution in [1.82, 2.24) is 10.6 Å². The number of nitrogens with one attached hydrogen (secondary N) is 2. The summed E-state index contributed by atoms with van der Waals surface area (Å²) in [4.78, 5) is 24.3. The summed E-state index contributed by atoms with van der Waals surface area (Å²) in [7, 11) is 0. The topological polar surface area (TPSA) is 67.4 Å². The van der Waals surface area contributed by atoms with Crippen molar-refractivity contribution in [2.45, 2.75) is 39.2 Å². The molecule has 0 heterocycles. The van der Waals surface area contributed by atoms with Crippen LogP contribution < -0.4 is 15.4 Å². The zero-order chi connectivity index (χ0) is 20.7. The maximum atomic E-state index is 12.2. The van der Waals surface area contributed by atoms with Gasteiger partial charge in [0.25, 0.3) is 11.8 Å². The van der Waals surface area contributed by atoms with E-state index in [2.05, 4.69) is 31.4 Å². The first-order valence-electron chi connectivity index (χ1n) is 9.25. The van der Waals surface area contributed by atoms with E-state index in [9.17, 15) is 9.59 Å². The lowest BCUT2D eigenvalue weighted by molar-refractivity contribution is -0.127. The number of hydrogen-bond donors (Lipinski definition) is 2. The van der Waals surface area contributed by atoms with Gasteiger partial charge < -0.3 is 15.4 Å². The molecular weight excluding hydrogens is 376 g/mol. The van der Waals surface area contributed by atoms with E-state index in [0.29, 0.717) is 29.4 Å². The van der Waals surface area contributed by atoms with Gasteiger partial charge in [-0.15, -0.1) is 0 Å². The molecule has 6 heteroatoms. The van der Waals surface area contributed by atoms with Crippen molar-refractivity contribution in [1.29, 1.82) is 0 Å². The number of amides is 2. The van der Waals surface area contributed by atoms with Crippen LogP contribution in [0.1, 0.15) is 43.6 Å². The van der Waals surface area contributed by atoms with Crippen molar-refractivity contribution < 1.29 is 14.3 Å². The number of carbonyl (C=O) groups is 2. The minimum Gasteiger partial charge on any atom is -0.481 e. The minimum atomic E-state index is -0.651. The average Bonchev–Trinajstić information content (AvgIpc) is 2.66. The first-order valence-corrected chi connectivity index (χ1v) is 9.63. The molecule has 0 spiro atoms. The van der Waals surface area contributed by atoms with Crippen LogP contribution in [0.4, 0.5) is 0 Å². The first kappa shape index (κ1) is 21.8. The largest absolute Gasteiger partial charge is 0.481 e. The minimum absolute atomic E-state index is 0.0457. The third-order valence-corrected chi connectivity index (χ3v) is 4.47. The highest BCUT2D eigenvalue weighted by molar-refractivity contribution is 6.30. The number of carbonyl (C=O) groups excluding carboxylic acids is 2. The molecule has 5 nitrogen and oxygen atoms in total. The average molecular weight is 403 g/mol. The molecule has 0 saturated carbocycles. The van der Waals surface area contributed by atoms with Crippen molar-refractivity contribution in [3.8, 4) is 5.75 Å². The second kappa shape index (κ2) is 9.60. The molecule has 0 aromatic heterocycles. The molecule has 2 aromatic rings. The Balaban J connectivity index is 1.73. The predicted octanol–water partition coefficient (Wildman–Crippen LogP) is 3.95. The molecule has 1 atom stereocenters. The predicted molar refractivity (Wildman–Crippen MR) is 112 cm³/mol. The molecule has 150 valence electrons. The molecule has 2 aromatic carbocycles. The fraction of sp³-hybridized carbons (Fsp3) is 0.364. The van der Waals surface area contributed by atoms with Gasteiger partial charge in [-0.25, -0.2) is 0 Å². The van der Waals surface area contributed by atoms with Crippen molar-refractivity contribution in [2.24, 2.45) is 0 Å². The molecule has 0 saturated heterocycles. The second-order valence-corrected chi connectivity index (χ2v) is 8.02. The summed E-state index contributed by atoms with van der Waals surface area (Å²) in [6.07, 6.45) is -0.651. The summed E-state index contributed by atoms with van der Waals surface area (Å²) in [5, 5.41) is 6.15. The van der Waals surface area contributed by atoms with Gasteiger partial charge in [-0.3, -0.25) is 9.59 Å². The van der Waals surface area contributed by atoms with Gasteiger partial charge in [0.2, 0.25) is 0 Å². The van der Waals surface area contributed by atoms with Crippen molar-refractivity contribution >= 4 is 23.4 Å². The maximum absolute atomic E-state index is 12.2. The van der Waals surface area contributed by atoms with Gasteiger partial charge >= 0.3 is 0 Å². The van der Waals surface area contributed by atoms with Crippen LogP contribution in [0.15, 0.2) is 48.5 Å². The monoisotopic (exact) mass is 402 g/mol. The van der Waals surface area contributed by atoms with Gasteiger partial charge in [-0.2, -0.15) is 0 Å². The second-order valence-electron chi connectivity index (χ2n) is 7.59. The Bertz CT molecular complexity index is 796. The van der Waals surface area contributed by atoms with Gasteiger partial charge in [-0.1, -0.05) is 44.5 Å². The van der Waals surface area contributed by atoms with E-state index in [-0.39, 0.29) is 17.2 Å². The highest BCUT2D eigenvalue weighted by Gasteiger charge is 2.15. The molecular formula is C22H27ClN2O3. The van der Waals surface area contributed by atoms with E-state index in [1.165, 1.54) is 5.56 Å². The van der Waals surface area contributed by atoms with Crippen LogP contribution in [0, 0.1) is 0 Å². The maximum Gasteiger partial charge on any atom is 0.260 e. The molecule has 2 amide bonds. The fourth-order valence-electron chi connectivity index (χ4n) is 2.50. The molecule has 28 heavy (non-hydrogen) atoms. The summed E-state index contributed by atoms with van der Waals surface area (Å²) in [6.45, 7) is 8.70. The van der Waals surface area contributed by atoms with Crippen LogP contribution in [0.5, 0.6) is 5.75 Å². The Morgan fingerprint density at radius 3 is 2.11 bits per heavy atom. The lowest BCUT2D eigenvalue weighted by atomic mass is 9.87. The molecule has 0 fully saturated rings. The van der Waals surface area contributed by atoms with E-state index in [0.717, 1.165) is 0 Å². The molecule has 2 rings (SSSR count). The van der Waals surface area contributed by atoms with E-state index in [1.54, 1.807) is 31.2 Å². The van der Waals surface area contributed by atoms with Crippen molar-refractivity contribution in [2.75, 3.05) is 13.1 Å². The number of hydrogen-bond acceptors (Lipinski definition) is 3. The molecule has 0 aliphatic carbocycles. The lowest BCUT2D eigenvalue weighted by Gasteiger charge is -2.19. The van der Waals surface area contributed by atoms with Gasteiger partial charge in [0.15, 0.2) is 6.10 Å². The van der Waals surface area contributed by atoms with Gasteiger partial charge in [-0.05, 0) is 54.3 Å². The number of ether oxygens (including phenoxy) is 1. The van der Waals surface area contributed by atoms with Crippen LogP contribution in [0.3, 0.4) is 0 Å². The lowest BCUT2D eigenvalue weighted by Crippen LogP contribution is -2.40. The fourth-order valence-corrected chi connectivity index (χ4v) is 2.63. The zero-order valence-electron chi connectivity index (χ0n) is 16.7. The third kappa shape index (κ3) is 6.57. The third-order valence-electron chi connectivity index (χ3n) is 4.22. The van der Waals surface area contributed by atoms with Crippen LogP contribution >= 0.6 is 11.6 Å². The molecule has 2 N–H and O–H groups in total. The summed E-state index contributed by atoms with van der Waals surface area (Å²) < 4.78 is 5.56. The quantitative estimate of drug-likeness (QED) is 0.689. The molecule has 1 unspecified atom stereocenters. The zero-order valence-corrected chi connectivity index (χ0v) is 17.5. The van der Waals surface area contributed by atoms with E-state index < -0.39 is 6.10 Å². The Morgan fingerprint density at radius 2 is 1.54 bits per heavy atom. The summed E-state index contributed by atoms with van der Waals surface area (Å²) in [5.41, 5.74) is 1.81.